The quantitative estimate of drug-likeness (QED) is 0.0982. The highest BCUT2D eigenvalue weighted by atomic mass is 16.7. The van der Waals surface area contributed by atoms with Crippen molar-refractivity contribution in [3.05, 3.63) is 112 Å². The molecule has 194 valence electrons. The fourth-order valence-corrected chi connectivity index (χ4v) is 5.29. The lowest BCUT2D eigenvalue weighted by atomic mass is 10.0. The lowest BCUT2D eigenvalue weighted by Gasteiger charge is -2.32. The summed E-state index contributed by atoms with van der Waals surface area (Å²) in [4.78, 5) is 37.0. The average Bonchev–Trinajstić information content (AvgIpc) is 3.56. The molecule has 0 N–H and O–H groups in total. The highest BCUT2D eigenvalue weighted by molar-refractivity contribution is 6.19. The standard InChI is InChI=1S/C31H24N2O6/c34-29-26(30(35)39-31(38-29)17-7-8-18-31)19-23-20-27(21-9-3-1-4-10-21)32(28(23)22-11-5-2-6-12-22)24-13-15-25(16-14-24)33(36)37/h1-6,9-16,19-20H,7-8,17-18H2. The molecule has 1 saturated heterocycles. The third-order valence-electron chi connectivity index (χ3n) is 7.13. The van der Waals surface area contributed by atoms with Gasteiger partial charge in [0.05, 0.1) is 16.3 Å². The molecule has 1 aliphatic heterocycles. The summed E-state index contributed by atoms with van der Waals surface area (Å²) in [5, 5.41) is 11.3. The van der Waals surface area contributed by atoms with Crippen molar-refractivity contribution in [2.45, 2.75) is 31.5 Å². The number of benzene rings is 3. The van der Waals surface area contributed by atoms with Gasteiger partial charge in [0, 0.05) is 36.2 Å². The fourth-order valence-electron chi connectivity index (χ4n) is 5.29. The minimum atomic E-state index is -1.16. The van der Waals surface area contributed by atoms with E-state index in [0.29, 0.717) is 29.8 Å². The Kier molecular flexibility index (Phi) is 6.07. The minimum absolute atomic E-state index is 0.0238. The molecule has 6 rings (SSSR count). The van der Waals surface area contributed by atoms with Gasteiger partial charge in [0.2, 0.25) is 0 Å². The van der Waals surface area contributed by atoms with Crippen LogP contribution in [0.4, 0.5) is 5.69 Å². The summed E-state index contributed by atoms with van der Waals surface area (Å²) in [6.07, 6.45) is 4.18. The Bertz CT molecular complexity index is 1580. The van der Waals surface area contributed by atoms with Crippen molar-refractivity contribution in [2.24, 2.45) is 0 Å². The first kappa shape index (κ1) is 24.4. The minimum Gasteiger partial charge on any atom is -0.419 e. The van der Waals surface area contributed by atoms with Crippen LogP contribution >= 0.6 is 0 Å². The van der Waals surface area contributed by atoms with Crippen LogP contribution in [0.1, 0.15) is 31.2 Å². The van der Waals surface area contributed by atoms with Gasteiger partial charge in [0.15, 0.2) is 0 Å². The van der Waals surface area contributed by atoms with Crippen molar-refractivity contribution >= 4 is 23.7 Å². The molecule has 0 unspecified atom stereocenters. The van der Waals surface area contributed by atoms with Crippen molar-refractivity contribution in [3.63, 3.8) is 0 Å². The number of nitro groups is 1. The lowest BCUT2D eigenvalue weighted by molar-refractivity contribution is -0.384. The smallest absolute Gasteiger partial charge is 0.348 e. The highest BCUT2D eigenvalue weighted by Gasteiger charge is 2.48. The Morgan fingerprint density at radius 2 is 1.36 bits per heavy atom. The first-order valence-electron chi connectivity index (χ1n) is 12.7. The molecule has 2 heterocycles. The SMILES string of the molecule is O=C1OC2(CCCC2)OC(=O)C1=Cc1cc(-c2ccccc2)n(-c2ccc([N+](=O)[O-])cc2)c1-c1ccccc1. The zero-order valence-corrected chi connectivity index (χ0v) is 20.9. The number of aromatic nitrogens is 1. The summed E-state index contributed by atoms with van der Waals surface area (Å²) in [6.45, 7) is 0. The largest absolute Gasteiger partial charge is 0.419 e. The molecule has 2 aliphatic rings. The van der Waals surface area contributed by atoms with Crippen LogP contribution in [0.5, 0.6) is 0 Å². The van der Waals surface area contributed by atoms with Crippen molar-refractivity contribution in [1.29, 1.82) is 0 Å². The number of hydrogen-bond donors (Lipinski definition) is 0. The van der Waals surface area contributed by atoms with E-state index in [1.807, 2.05) is 71.3 Å². The van der Waals surface area contributed by atoms with E-state index < -0.39 is 22.6 Å². The Hall–Kier alpha value is -4.98. The van der Waals surface area contributed by atoms with E-state index in [1.165, 1.54) is 18.2 Å². The molecule has 0 atom stereocenters. The molecule has 4 aromatic rings. The molecule has 1 aliphatic carbocycles. The molecule has 0 radical (unpaired) electrons. The van der Waals surface area contributed by atoms with Gasteiger partial charge >= 0.3 is 11.9 Å². The van der Waals surface area contributed by atoms with E-state index in [0.717, 1.165) is 29.7 Å². The summed E-state index contributed by atoms with van der Waals surface area (Å²) >= 11 is 0. The number of carbonyl (C=O) groups is 2. The van der Waals surface area contributed by atoms with E-state index in [-0.39, 0.29) is 11.3 Å². The summed E-state index contributed by atoms with van der Waals surface area (Å²) in [5.74, 6) is -2.55. The molecular formula is C31H24N2O6. The predicted molar refractivity (Wildman–Crippen MR) is 145 cm³/mol. The third-order valence-corrected chi connectivity index (χ3v) is 7.13. The van der Waals surface area contributed by atoms with E-state index >= 15 is 0 Å². The van der Waals surface area contributed by atoms with Gasteiger partial charge < -0.3 is 14.0 Å². The molecule has 0 amide bonds. The molecular weight excluding hydrogens is 496 g/mol. The highest BCUT2D eigenvalue weighted by Crippen LogP contribution is 2.41. The number of non-ortho nitro benzene ring substituents is 1. The zero-order valence-electron chi connectivity index (χ0n) is 20.9. The zero-order chi connectivity index (χ0) is 27.0. The molecule has 39 heavy (non-hydrogen) atoms. The molecule has 0 bridgehead atoms. The second kappa shape index (κ2) is 9.72. The third kappa shape index (κ3) is 4.50. The lowest BCUT2D eigenvalue weighted by Crippen LogP contribution is -2.44. The predicted octanol–water partition coefficient (Wildman–Crippen LogP) is 6.47. The Morgan fingerprint density at radius 3 is 1.92 bits per heavy atom. The summed E-state index contributed by atoms with van der Waals surface area (Å²) in [6, 6.07) is 27.4. The van der Waals surface area contributed by atoms with Crippen LogP contribution in [0.2, 0.25) is 0 Å². The number of esters is 2. The monoisotopic (exact) mass is 520 g/mol. The van der Waals surface area contributed by atoms with Crippen molar-refractivity contribution < 1.29 is 24.0 Å². The Balaban J connectivity index is 1.57. The van der Waals surface area contributed by atoms with E-state index in [1.54, 1.807) is 12.1 Å². The fraction of sp³-hybridized carbons (Fsp3) is 0.161. The molecule has 8 nitrogen and oxygen atoms in total. The van der Waals surface area contributed by atoms with Gasteiger partial charge in [0.25, 0.3) is 11.5 Å². The molecule has 1 aromatic heterocycles. The van der Waals surface area contributed by atoms with Crippen molar-refractivity contribution in [3.8, 4) is 28.2 Å². The molecule has 1 saturated carbocycles. The molecule has 3 aromatic carbocycles. The van der Waals surface area contributed by atoms with Crippen LogP contribution in [-0.2, 0) is 19.1 Å². The summed E-state index contributed by atoms with van der Waals surface area (Å²) < 4.78 is 13.3. The van der Waals surface area contributed by atoms with Crippen LogP contribution in [0.3, 0.4) is 0 Å². The number of hydrogen-bond acceptors (Lipinski definition) is 6. The van der Waals surface area contributed by atoms with Crippen LogP contribution in [-0.4, -0.2) is 27.2 Å². The van der Waals surface area contributed by atoms with Gasteiger partial charge in [-0.1, -0.05) is 60.7 Å². The van der Waals surface area contributed by atoms with E-state index in [4.69, 9.17) is 9.47 Å². The number of carbonyl (C=O) groups excluding carboxylic acids is 2. The topological polar surface area (TPSA) is 101 Å². The number of nitrogens with zero attached hydrogens (tertiary/aromatic N) is 2. The summed E-state index contributed by atoms with van der Waals surface area (Å²) in [5.41, 5.74) is 4.28. The van der Waals surface area contributed by atoms with Crippen LogP contribution in [0.25, 0.3) is 34.3 Å². The van der Waals surface area contributed by atoms with Gasteiger partial charge in [-0.2, -0.15) is 0 Å². The van der Waals surface area contributed by atoms with Crippen LogP contribution < -0.4 is 0 Å². The van der Waals surface area contributed by atoms with Gasteiger partial charge in [0.1, 0.15) is 5.57 Å². The Labute approximate surface area is 224 Å². The number of rotatable bonds is 5. The molecule has 8 heteroatoms. The van der Waals surface area contributed by atoms with E-state index in [2.05, 4.69) is 0 Å². The van der Waals surface area contributed by atoms with Crippen molar-refractivity contribution in [1.82, 2.24) is 4.57 Å². The Morgan fingerprint density at radius 1 is 0.795 bits per heavy atom. The first-order valence-corrected chi connectivity index (χ1v) is 12.7. The van der Waals surface area contributed by atoms with Crippen LogP contribution in [0.15, 0.2) is 96.6 Å². The molecule has 1 spiro atoms. The molecule has 2 fully saturated rings. The second-order valence-corrected chi connectivity index (χ2v) is 9.63. The maximum Gasteiger partial charge on any atom is 0.348 e. The van der Waals surface area contributed by atoms with Gasteiger partial charge in [-0.3, -0.25) is 10.1 Å². The summed E-state index contributed by atoms with van der Waals surface area (Å²) in [7, 11) is 0. The second-order valence-electron chi connectivity index (χ2n) is 9.63. The van der Waals surface area contributed by atoms with Crippen molar-refractivity contribution in [2.75, 3.05) is 0 Å². The maximum absolute atomic E-state index is 13.1. The van der Waals surface area contributed by atoms with Crippen LogP contribution in [0, 0.1) is 10.1 Å². The first-order chi connectivity index (χ1) is 18.9. The normalized spacial score (nSPS) is 16.2. The van der Waals surface area contributed by atoms with Gasteiger partial charge in [-0.25, -0.2) is 9.59 Å². The van der Waals surface area contributed by atoms with Gasteiger partial charge in [-0.15, -0.1) is 0 Å². The van der Waals surface area contributed by atoms with Gasteiger partial charge in [-0.05, 0) is 48.2 Å². The maximum atomic E-state index is 13.1. The van der Waals surface area contributed by atoms with E-state index in [9.17, 15) is 19.7 Å². The number of nitro benzene ring substituents is 1. The number of ether oxygens (including phenoxy) is 2. The average molecular weight is 521 g/mol.